The number of aromatic nitrogens is 5. The first kappa shape index (κ1) is 95.5. The van der Waals surface area contributed by atoms with Gasteiger partial charge in [0, 0.05) is 146 Å². The minimum absolute atomic E-state index is 0.00522. The van der Waals surface area contributed by atoms with Crippen LogP contribution in [0.4, 0.5) is 8.78 Å². The molecule has 0 spiro atoms. The van der Waals surface area contributed by atoms with Gasteiger partial charge in [-0.15, -0.1) is 0 Å². The van der Waals surface area contributed by atoms with Gasteiger partial charge in [-0.2, -0.15) is 4.39 Å². The molecule has 0 unspecified atom stereocenters. The van der Waals surface area contributed by atoms with E-state index in [4.69, 9.17) is 49.3 Å². The molecule has 31 N–H and O–H groups in total. The van der Waals surface area contributed by atoms with Crippen LogP contribution in [0.3, 0.4) is 0 Å². The van der Waals surface area contributed by atoms with Crippen LogP contribution in [0.1, 0.15) is 110 Å². The molecule has 698 valence electrons. The fourth-order valence-electron chi connectivity index (χ4n) is 16.2. The molecule has 2 aliphatic heterocycles. The molecule has 12 rings (SSSR count). The summed E-state index contributed by atoms with van der Waals surface area (Å²) in [5.41, 5.74) is 26.1. The second-order valence-corrected chi connectivity index (χ2v) is 32.6. The highest BCUT2D eigenvalue weighted by Crippen LogP contribution is 2.35. The predicted octanol–water partition coefficient (Wildman–Crippen LogP) is 0.403. The fraction of sp³-hybridized carbons (Fsp3) is 0.371. The fourth-order valence-corrected chi connectivity index (χ4v) is 16.2. The summed E-state index contributed by atoms with van der Waals surface area (Å²) in [7, 11) is 0. The maximum atomic E-state index is 16.0. The predicted molar refractivity (Wildman–Crippen MR) is 489 cm³/mol. The molecule has 7 heterocycles. The lowest BCUT2D eigenvalue weighted by atomic mass is 9.99. The van der Waals surface area contributed by atoms with Crippen LogP contribution in [0.5, 0.6) is 5.75 Å². The largest absolute Gasteiger partial charge is 0.483 e. The lowest BCUT2D eigenvalue weighted by Gasteiger charge is -2.28. The quantitative estimate of drug-likeness (QED) is 0.0154. The third kappa shape index (κ3) is 25.2. The van der Waals surface area contributed by atoms with Gasteiger partial charge in [0.1, 0.15) is 66.0 Å². The van der Waals surface area contributed by atoms with Crippen molar-refractivity contribution in [2.75, 3.05) is 39.3 Å². The van der Waals surface area contributed by atoms with E-state index in [0.29, 0.717) is 71.9 Å². The standard InChI is InChI=1S/C89H110F2N28O13/c1-46-44-119-45-56(74(121)55-39-57(90)72(91)75(132-46)73(55)119)76(122)101-34-28-71(120)100-29-10-23-62-77(123)113-66(27-14-33-105-89(98)99)81(127)115-68(36-48-41-107-59-20-7-3-16-52(48)59)83(129)117-70(38-50-43-109-61-22-9-5-18-54(50)61)85(131)118-69(37-49-42-108-60-21-8-4-17-53(49)60)84(130)116-67(35-47-40-106-58-19-6-2-15-51(47)58)82(128)114-65(26-13-32-104-88(96)97)80(126)112-64(25-12-31-103-87(94)95)79(125)111-63(78(124)110-62)24-11-30-102-86(92)93/h2-9,15-22,39-43,45-46,62-70,106-109H,10-14,23-38,44H2,1H3,(H,100,120)(H,101,122)(H,110,124)(H,111,125)(H,112,126)(H,113,123)(H,114,128)(H,115,127)(H,116,130)(H,117,129)(H,118,131)(H4,92,93,102)(H4,94,95,103)(H4,96,97,104)(H4,98,99,105)/t46-,62-,63-,64-,65-,66-,67+,68-,69-,70-/m0/s1. The molecule has 0 aliphatic carbocycles. The molecule has 1 fully saturated rings. The van der Waals surface area contributed by atoms with Gasteiger partial charge >= 0.3 is 0 Å². The van der Waals surface area contributed by atoms with E-state index in [1.54, 1.807) is 117 Å². The maximum Gasteiger partial charge on any atom is 0.256 e. The minimum atomic E-state index is -1.70. The number of carbonyl (C=O) groups is 11. The number of fused-ring (bicyclic) bond motifs is 4. The first-order valence-electron chi connectivity index (χ1n) is 43.4. The summed E-state index contributed by atoms with van der Waals surface area (Å²) in [6.07, 6.45) is 4.18. The third-order valence-electron chi connectivity index (χ3n) is 22.9. The second-order valence-electron chi connectivity index (χ2n) is 32.6. The molecule has 43 heteroatoms. The van der Waals surface area contributed by atoms with Crippen LogP contribution in [0.25, 0.3) is 54.5 Å². The number of benzene rings is 5. The van der Waals surface area contributed by atoms with Gasteiger partial charge in [-0.05, 0) is 124 Å². The number of hydrogen-bond donors (Lipinski definition) is 27. The number of nitrogens with one attached hydrogen (secondary N) is 23. The van der Waals surface area contributed by atoms with Crippen LogP contribution in [0.15, 0.2) is 139 Å². The number of rotatable bonds is 32. The molecule has 132 heavy (non-hydrogen) atoms. The number of amides is 11. The van der Waals surface area contributed by atoms with Gasteiger partial charge in [-0.1, -0.05) is 72.8 Å². The number of nitrogens with zero attached hydrogens (tertiary/aromatic N) is 1. The first-order chi connectivity index (χ1) is 63.4. The summed E-state index contributed by atoms with van der Waals surface area (Å²) in [5.74, 6) is -15.3. The number of H-pyrrole nitrogens is 4. The summed E-state index contributed by atoms with van der Waals surface area (Å²) >= 11 is 0. The van der Waals surface area contributed by atoms with Gasteiger partial charge < -0.3 is 132 Å². The third-order valence-corrected chi connectivity index (χ3v) is 22.9. The second kappa shape index (κ2) is 44.9. The van der Waals surface area contributed by atoms with Gasteiger partial charge in [-0.25, -0.2) is 4.39 Å². The summed E-state index contributed by atoms with van der Waals surface area (Å²) in [4.78, 5) is 195. The first-order valence-corrected chi connectivity index (χ1v) is 43.4. The van der Waals surface area contributed by atoms with Crippen LogP contribution in [0.2, 0.25) is 0 Å². The number of hydrogen-bond acceptors (Lipinski definition) is 17. The van der Waals surface area contributed by atoms with Crippen molar-refractivity contribution in [1.29, 1.82) is 21.6 Å². The zero-order chi connectivity index (χ0) is 94.2. The molecular weight excluding hydrogens is 1710 g/mol. The summed E-state index contributed by atoms with van der Waals surface area (Å²) in [6.45, 7) is 0.920. The summed E-state index contributed by atoms with van der Waals surface area (Å²) < 4.78 is 36.8. The van der Waals surface area contributed by atoms with Crippen molar-refractivity contribution in [3.05, 3.63) is 184 Å². The maximum absolute atomic E-state index is 16.0. The number of nitrogens with two attached hydrogens (primary N) is 4. The number of ether oxygens (including phenoxy) is 1. The number of para-hydroxylation sites is 4. The van der Waals surface area contributed by atoms with Crippen molar-refractivity contribution in [3.63, 3.8) is 0 Å². The highest BCUT2D eigenvalue weighted by Gasteiger charge is 2.39. The van der Waals surface area contributed by atoms with E-state index in [-0.39, 0.29) is 147 Å². The molecule has 10 aromatic rings. The minimum Gasteiger partial charge on any atom is -0.483 e. The number of guanidine groups is 4. The van der Waals surface area contributed by atoms with Gasteiger partial charge in [-0.3, -0.25) is 79.2 Å². The average Bonchev–Trinajstić information content (AvgIpc) is 0.787. The Balaban J connectivity index is 0.927. The van der Waals surface area contributed by atoms with E-state index in [9.17, 15) is 23.2 Å². The van der Waals surface area contributed by atoms with E-state index >= 15 is 43.2 Å². The molecule has 0 bridgehead atoms. The van der Waals surface area contributed by atoms with Crippen molar-refractivity contribution < 1.29 is 66.3 Å². The number of halogens is 2. The summed E-state index contributed by atoms with van der Waals surface area (Å²) in [5, 5.41) is 75.3. The average molecular weight is 1820 g/mol. The van der Waals surface area contributed by atoms with E-state index in [2.05, 4.69) is 99.7 Å². The molecule has 41 nitrogen and oxygen atoms in total. The smallest absolute Gasteiger partial charge is 0.256 e. The molecule has 10 atom stereocenters. The Morgan fingerprint density at radius 2 is 0.674 bits per heavy atom. The Morgan fingerprint density at radius 3 is 0.977 bits per heavy atom. The van der Waals surface area contributed by atoms with Gasteiger partial charge in [0.25, 0.3) is 5.91 Å². The van der Waals surface area contributed by atoms with Crippen molar-refractivity contribution in [3.8, 4) is 5.75 Å². The summed E-state index contributed by atoms with van der Waals surface area (Å²) in [6, 6.07) is 14.7. The van der Waals surface area contributed by atoms with Crippen molar-refractivity contribution in [1.82, 2.24) is 104 Å². The number of aromatic amines is 4. The topological polar surface area (TPSA) is 662 Å². The molecule has 0 radical (unpaired) electrons. The zero-order valence-electron chi connectivity index (χ0n) is 72.4. The van der Waals surface area contributed by atoms with Gasteiger partial charge in [0.15, 0.2) is 35.4 Å². The number of carbonyl (C=O) groups excluding carboxylic acids is 11. The van der Waals surface area contributed by atoms with E-state index in [1.165, 1.54) is 10.8 Å². The van der Waals surface area contributed by atoms with Crippen LogP contribution >= 0.6 is 0 Å². The van der Waals surface area contributed by atoms with E-state index < -0.39 is 184 Å². The van der Waals surface area contributed by atoms with Gasteiger partial charge in [0.2, 0.25) is 70.3 Å². The molecule has 11 amide bonds. The highest BCUT2D eigenvalue weighted by molar-refractivity contribution is 6.02. The highest BCUT2D eigenvalue weighted by atomic mass is 19.2. The Hall–Kier alpha value is -15.6. The van der Waals surface area contributed by atoms with Crippen LogP contribution in [0, 0.1) is 33.3 Å². The van der Waals surface area contributed by atoms with Crippen molar-refractivity contribution in [2.45, 2.75) is 170 Å². The SMILES string of the molecule is C[C@H]1Cn2cc(C(=O)NCCC(=O)NCCC[C@@H]3NC(=O)[C@H](CCCNC(=N)N)NC(=O)[C@H](CCCNC(=N)N)NC(=O)[C@H](CCCNC(=N)N)NC(=O)[C@@H](Cc4c[nH]c5ccccc45)NC(=O)[C@H](Cc4c[nH]c5ccccc45)NC(=O)[C@H](Cc4c[nH]c5ccccc45)NC(=O)[C@H](Cc4c[nH]c5ccccc45)NC(=O)[C@H](CCCNC(=N)N)NC3=O)c(=O)c3cc(F)c(F)c(c32)O1. The van der Waals surface area contributed by atoms with E-state index in [1.807, 2.05) is 12.1 Å². The molecular formula is C89H110F2N28O13. The molecule has 5 aromatic heterocycles. The molecule has 5 aromatic carbocycles. The Morgan fingerprint density at radius 1 is 0.394 bits per heavy atom. The lowest BCUT2D eigenvalue weighted by Crippen LogP contribution is -2.61. The zero-order valence-corrected chi connectivity index (χ0v) is 72.4. The van der Waals surface area contributed by atoms with Crippen LogP contribution < -0.4 is 113 Å². The van der Waals surface area contributed by atoms with Crippen LogP contribution in [-0.4, -0.2) is 213 Å². The van der Waals surface area contributed by atoms with E-state index in [0.717, 1.165) is 0 Å². The lowest BCUT2D eigenvalue weighted by molar-refractivity contribution is -0.136. The van der Waals surface area contributed by atoms with Crippen molar-refractivity contribution in [2.24, 2.45) is 22.9 Å². The Labute approximate surface area is 754 Å². The Kier molecular flexibility index (Phi) is 32.5. The molecule has 1 saturated heterocycles. The molecule has 0 saturated carbocycles. The van der Waals surface area contributed by atoms with Crippen molar-refractivity contribution >= 4 is 143 Å². The number of pyridine rings is 1. The normalized spacial score (nSPS) is 19.8. The Bertz CT molecular complexity index is 5970. The van der Waals surface area contributed by atoms with Gasteiger partial charge in [0.05, 0.1) is 17.4 Å². The van der Waals surface area contributed by atoms with Crippen LogP contribution in [-0.2, 0) is 80.2 Å². The molecule has 2 aliphatic rings. The monoisotopic (exact) mass is 1820 g/mol.